The zero-order valence-corrected chi connectivity index (χ0v) is 13.6. The Hall–Kier alpha value is -2.48. The zero-order valence-electron chi connectivity index (χ0n) is 13.6. The molecular formula is C16H22N4O4. The quantitative estimate of drug-likeness (QED) is 0.246. The molecule has 0 spiro atoms. The van der Waals surface area contributed by atoms with E-state index in [0.29, 0.717) is 23.9 Å². The van der Waals surface area contributed by atoms with Gasteiger partial charge in [-0.15, -0.1) is 0 Å². The number of anilines is 1. The minimum atomic E-state index is -0.914. The number of nitrogens with zero attached hydrogens (tertiary/aromatic N) is 1. The van der Waals surface area contributed by atoms with Crippen molar-refractivity contribution in [3.05, 3.63) is 24.0 Å². The van der Waals surface area contributed by atoms with Gasteiger partial charge in [-0.2, -0.15) is 0 Å². The summed E-state index contributed by atoms with van der Waals surface area (Å²) in [5, 5.41) is 2.41. The normalized spacial score (nSPS) is 20.1. The van der Waals surface area contributed by atoms with E-state index < -0.39 is 11.8 Å². The van der Waals surface area contributed by atoms with Crippen LogP contribution in [0.2, 0.25) is 0 Å². The van der Waals surface area contributed by atoms with Gasteiger partial charge in [-0.3, -0.25) is 24.8 Å². The number of esters is 1. The molecule has 1 aliphatic carbocycles. The number of hydrogen-bond acceptors (Lipinski definition) is 6. The van der Waals surface area contributed by atoms with Gasteiger partial charge in [0.2, 0.25) is 0 Å². The summed E-state index contributed by atoms with van der Waals surface area (Å²) in [7, 11) is 1.41. The Balaban J connectivity index is 1.87. The second-order valence-corrected chi connectivity index (χ2v) is 5.90. The van der Waals surface area contributed by atoms with Crippen LogP contribution in [0.25, 0.3) is 0 Å². The van der Waals surface area contributed by atoms with E-state index in [9.17, 15) is 14.4 Å². The van der Waals surface area contributed by atoms with E-state index in [1.165, 1.54) is 13.3 Å². The summed E-state index contributed by atoms with van der Waals surface area (Å²) in [6.45, 7) is 0. The lowest BCUT2D eigenvalue weighted by atomic mass is 9.79. The molecule has 1 aromatic rings. The second-order valence-electron chi connectivity index (χ2n) is 5.90. The van der Waals surface area contributed by atoms with Crippen LogP contribution in [0.4, 0.5) is 5.69 Å². The molecule has 2 rings (SSSR count). The maximum absolute atomic E-state index is 11.4. The average Bonchev–Trinajstić information content (AvgIpc) is 2.62. The molecule has 0 atom stereocenters. The van der Waals surface area contributed by atoms with E-state index in [1.807, 2.05) is 6.07 Å². The van der Waals surface area contributed by atoms with Crippen LogP contribution in [0.1, 0.15) is 43.7 Å². The molecule has 0 bridgehead atoms. The molecule has 0 unspecified atom stereocenters. The van der Waals surface area contributed by atoms with Gasteiger partial charge in [0.25, 0.3) is 0 Å². The number of nitrogens with one attached hydrogen (secondary N) is 2. The first-order valence-electron chi connectivity index (χ1n) is 7.88. The molecule has 8 nitrogen and oxygen atoms in total. The molecule has 1 aromatic heterocycles. The molecule has 1 aliphatic rings. The van der Waals surface area contributed by atoms with Gasteiger partial charge in [0, 0.05) is 18.0 Å². The Morgan fingerprint density at radius 2 is 1.92 bits per heavy atom. The highest BCUT2D eigenvalue weighted by molar-refractivity contribution is 6.39. The second kappa shape index (κ2) is 8.39. The molecule has 4 N–H and O–H groups in total. The topological polar surface area (TPSA) is 123 Å². The summed E-state index contributed by atoms with van der Waals surface area (Å²) in [5.74, 6) is 3.71. The van der Waals surface area contributed by atoms with Crippen LogP contribution in [0.3, 0.4) is 0 Å². The molecule has 0 saturated heterocycles. The molecule has 24 heavy (non-hydrogen) atoms. The number of rotatable bonds is 4. The first kappa shape index (κ1) is 17.9. The van der Waals surface area contributed by atoms with Gasteiger partial charge in [0.1, 0.15) is 0 Å². The third-order valence-corrected chi connectivity index (χ3v) is 4.33. The number of methoxy groups -OCH3 is 1. The monoisotopic (exact) mass is 334 g/mol. The van der Waals surface area contributed by atoms with Crippen molar-refractivity contribution >= 4 is 23.5 Å². The van der Waals surface area contributed by atoms with Gasteiger partial charge in [-0.05, 0) is 43.7 Å². The van der Waals surface area contributed by atoms with E-state index in [-0.39, 0.29) is 5.97 Å². The van der Waals surface area contributed by atoms with Crippen LogP contribution in [0.5, 0.6) is 0 Å². The number of hydrazine groups is 1. The van der Waals surface area contributed by atoms with Crippen molar-refractivity contribution in [1.82, 2.24) is 10.4 Å². The lowest BCUT2D eigenvalue weighted by molar-refractivity contribution is -0.142. The molecule has 1 fully saturated rings. The van der Waals surface area contributed by atoms with Gasteiger partial charge >= 0.3 is 17.8 Å². The predicted molar refractivity (Wildman–Crippen MR) is 86.5 cm³/mol. The first-order valence-corrected chi connectivity index (χ1v) is 7.88. The standard InChI is InChI=1S/C16H22N4O4/c1-24-14(21)8-10-2-4-11(5-3-10)13-7-6-12(9-18-13)19-15(22)16(23)20-17/h6-7,9-11H,2-5,8,17H2,1H3,(H,19,22)(H,20,23). The smallest absolute Gasteiger partial charge is 0.323 e. The Kier molecular flexibility index (Phi) is 6.25. The number of carbonyl (C=O) groups is 3. The van der Waals surface area contributed by atoms with Gasteiger partial charge in [-0.1, -0.05) is 0 Å². The molecule has 8 heteroatoms. The lowest BCUT2D eigenvalue weighted by Crippen LogP contribution is -2.39. The molecule has 0 aromatic carbocycles. The molecule has 1 saturated carbocycles. The third-order valence-electron chi connectivity index (χ3n) is 4.33. The van der Waals surface area contributed by atoms with Crippen LogP contribution in [0.15, 0.2) is 18.3 Å². The average molecular weight is 334 g/mol. The fourth-order valence-corrected chi connectivity index (χ4v) is 2.96. The molecular weight excluding hydrogens is 312 g/mol. The van der Waals surface area contributed by atoms with Crippen molar-refractivity contribution in [3.63, 3.8) is 0 Å². The summed E-state index contributed by atoms with van der Waals surface area (Å²) >= 11 is 0. The van der Waals surface area contributed by atoms with Crippen molar-refractivity contribution < 1.29 is 19.1 Å². The first-order chi connectivity index (χ1) is 11.5. The van der Waals surface area contributed by atoms with Crippen LogP contribution < -0.4 is 16.6 Å². The summed E-state index contributed by atoms with van der Waals surface area (Å²) in [6, 6.07) is 3.56. The van der Waals surface area contributed by atoms with Gasteiger partial charge < -0.3 is 10.1 Å². The highest BCUT2D eigenvalue weighted by Gasteiger charge is 2.25. The SMILES string of the molecule is COC(=O)CC1CCC(c2ccc(NC(=O)C(=O)NN)cn2)CC1. The summed E-state index contributed by atoms with van der Waals surface area (Å²) in [6.07, 6.45) is 5.88. The van der Waals surface area contributed by atoms with E-state index in [0.717, 1.165) is 31.4 Å². The minimum absolute atomic E-state index is 0.154. The van der Waals surface area contributed by atoms with Crippen molar-refractivity contribution in [1.29, 1.82) is 0 Å². The number of pyridine rings is 1. The Morgan fingerprint density at radius 1 is 1.21 bits per heavy atom. The number of ether oxygens (including phenoxy) is 1. The van der Waals surface area contributed by atoms with Gasteiger partial charge in [0.15, 0.2) is 0 Å². The number of hydrogen-bond donors (Lipinski definition) is 3. The summed E-state index contributed by atoms with van der Waals surface area (Å²) < 4.78 is 4.71. The Morgan fingerprint density at radius 3 is 2.46 bits per heavy atom. The van der Waals surface area contributed by atoms with Crippen LogP contribution in [0, 0.1) is 5.92 Å². The van der Waals surface area contributed by atoms with Crippen molar-refractivity contribution in [3.8, 4) is 0 Å². The molecule has 2 amide bonds. The minimum Gasteiger partial charge on any atom is -0.469 e. The fourth-order valence-electron chi connectivity index (χ4n) is 2.96. The maximum atomic E-state index is 11.4. The molecule has 1 heterocycles. The number of aromatic nitrogens is 1. The fraction of sp³-hybridized carbons (Fsp3) is 0.500. The number of carbonyl (C=O) groups excluding carboxylic acids is 3. The van der Waals surface area contributed by atoms with E-state index in [4.69, 9.17) is 10.6 Å². The predicted octanol–water partition coefficient (Wildman–Crippen LogP) is 0.847. The molecule has 0 aliphatic heterocycles. The van der Waals surface area contributed by atoms with E-state index >= 15 is 0 Å². The van der Waals surface area contributed by atoms with Crippen LogP contribution in [-0.2, 0) is 19.1 Å². The third kappa shape index (κ3) is 4.76. The van der Waals surface area contributed by atoms with Gasteiger partial charge in [0.05, 0.1) is 19.0 Å². The zero-order chi connectivity index (χ0) is 17.5. The van der Waals surface area contributed by atoms with Crippen molar-refractivity contribution in [2.75, 3.05) is 12.4 Å². The maximum Gasteiger partial charge on any atom is 0.323 e. The van der Waals surface area contributed by atoms with Crippen molar-refractivity contribution in [2.45, 2.75) is 38.0 Å². The summed E-state index contributed by atoms with van der Waals surface area (Å²) in [4.78, 5) is 38.2. The Bertz CT molecular complexity index is 595. The highest BCUT2D eigenvalue weighted by Crippen LogP contribution is 2.36. The van der Waals surface area contributed by atoms with E-state index in [1.54, 1.807) is 11.5 Å². The lowest BCUT2D eigenvalue weighted by Gasteiger charge is -2.27. The summed E-state index contributed by atoms with van der Waals surface area (Å²) in [5.41, 5.74) is 3.15. The van der Waals surface area contributed by atoms with Crippen LogP contribution in [-0.4, -0.2) is 29.9 Å². The number of nitrogens with two attached hydrogens (primary N) is 1. The van der Waals surface area contributed by atoms with Gasteiger partial charge in [-0.25, -0.2) is 5.84 Å². The molecule has 130 valence electrons. The number of amides is 2. The molecule has 0 radical (unpaired) electrons. The Labute approximate surface area is 140 Å². The largest absolute Gasteiger partial charge is 0.469 e. The highest BCUT2D eigenvalue weighted by atomic mass is 16.5. The van der Waals surface area contributed by atoms with E-state index in [2.05, 4.69) is 10.3 Å². The van der Waals surface area contributed by atoms with Crippen molar-refractivity contribution in [2.24, 2.45) is 11.8 Å². The van der Waals surface area contributed by atoms with Crippen LogP contribution >= 0.6 is 0 Å².